The summed E-state index contributed by atoms with van der Waals surface area (Å²) >= 11 is 1.83. The molecule has 298 valence electrons. The lowest BCUT2D eigenvalue weighted by atomic mass is 9.97. The third kappa shape index (κ3) is 5.22. The Morgan fingerprint density at radius 2 is 1.00 bits per heavy atom. The van der Waals surface area contributed by atoms with Crippen LogP contribution in [0, 0.1) is 0 Å². The van der Waals surface area contributed by atoms with E-state index in [1.165, 1.54) is 47.5 Å². The summed E-state index contributed by atoms with van der Waals surface area (Å²) in [4.78, 5) is 15.5. The van der Waals surface area contributed by atoms with Crippen LogP contribution in [0.1, 0.15) is 0 Å². The molecule has 9 aromatic carbocycles. The number of furan rings is 2. The molecule has 0 radical (unpaired) electrons. The third-order valence-electron chi connectivity index (χ3n) is 12.7. The summed E-state index contributed by atoms with van der Waals surface area (Å²) in [5, 5.41) is 9.00. The van der Waals surface area contributed by atoms with Crippen molar-refractivity contribution < 1.29 is 8.83 Å². The maximum Gasteiger partial charge on any atom is 0.167 e. The Labute approximate surface area is 368 Å². The van der Waals surface area contributed by atoms with Gasteiger partial charge < -0.3 is 13.4 Å². The number of aromatic nitrogens is 4. The molecule has 0 fully saturated rings. The molecule has 0 atom stereocenters. The zero-order chi connectivity index (χ0) is 41.9. The molecule has 0 N–H and O–H groups in total. The van der Waals surface area contributed by atoms with E-state index in [1.54, 1.807) is 0 Å². The van der Waals surface area contributed by atoms with Crippen LogP contribution in [0.3, 0.4) is 0 Å². The Bertz CT molecular complexity index is 4160. The maximum atomic E-state index is 6.61. The summed E-state index contributed by atoms with van der Waals surface area (Å²) in [5.74, 6) is 1.67. The van der Waals surface area contributed by atoms with Crippen molar-refractivity contribution in [1.29, 1.82) is 0 Å². The Morgan fingerprint density at radius 3 is 1.84 bits per heavy atom. The van der Waals surface area contributed by atoms with Crippen molar-refractivity contribution in [2.24, 2.45) is 0 Å². The number of nitrogens with zero attached hydrogens (tertiary/aromatic N) is 4. The van der Waals surface area contributed by atoms with Crippen LogP contribution in [0.5, 0.6) is 0 Å². The van der Waals surface area contributed by atoms with Crippen molar-refractivity contribution in [2.75, 3.05) is 0 Å². The molecule has 14 aromatic rings. The molecule has 0 unspecified atom stereocenters. The number of thiophene rings is 1. The molecule has 0 spiro atoms. The van der Waals surface area contributed by atoms with Gasteiger partial charge in [0.1, 0.15) is 22.3 Å². The van der Waals surface area contributed by atoms with E-state index < -0.39 is 0 Å². The molecule has 0 amide bonds. The molecule has 6 nitrogen and oxygen atoms in total. The van der Waals surface area contributed by atoms with Crippen LogP contribution in [0.15, 0.2) is 203 Å². The quantitative estimate of drug-likeness (QED) is 0.173. The first kappa shape index (κ1) is 35.2. The Balaban J connectivity index is 0.967. The second-order valence-electron chi connectivity index (χ2n) is 16.3. The van der Waals surface area contributed by atoms with E-state index >= 15 is 0 Å². The summed E-state index contributed by atoms with van der Waals surface area (Å²) in [6.07, 6.45) is 0. The van der Waals surface area contributed by atoms with Gasteiger partial charge >= 0.3 is 0 Å². The summed E-state index contributed by atoms with van der Waals surface area (Å²) in [6, 6.07) is 68.0. The molecule has 64 heavy (non-hydrogen) atoms. The smallest absolute Gasteiger partial charge is 0.167 e. The second-order valence-corrected chi connectivity index (χ2v) is 17.4. The van der Waals surface area contributed by atoms with Gasteiger partial charge in [0, 0.05) is 69.3 Å². The van der Waals surface area contributed by atoms with Gasteiger partial charge in [-0.25, -0.2) is 15.0 Å². The van der Waals surface area contributed by atoms with Crippen molar-refractivity contribution in [3.63, 3.8) is 0 Å². The molecular formula is C57H32N4O2S. The number of hydrogen-bond donors (Lipinski definition) is 0. The number of rotatable bonds is 5. The lowest BCUT2D eigenvalue weighted by molar-refractivity contribution is 0.668. The SMILES string of the molecule is c1ccc(-c2nc(-c3cccc4c3oc3ccccc34)nc(-c3cccc4oc5ccc(-c6cccc7sc8ccc(-n9c%10ccccc%10c%10ccccc%109)cc8c67)cc5c34)n2)cc1. The highest BCUT2D eigenvalue weighted by molar-refractivity contribution is 7.26. The van der Waals surface area contributed by atoms with E-state index in [0.29, 0.717) is 17.5 Å². The minimum Gasteiger partial charge on any atom is -0.456 e. The van der Waals surface area contributed by atoms with Crippen LogP contribution in [0.4, 0.5) is 0 Å². The summed E-state index contributed by atoms with van der Waals surface area (Å²) < 4.78 is 18.0. The highest BCUT2D eigenvalue weighted by Crippen LogP contribution is 2.45. The van der Waals surface area contributed by atoms with Gasteiger partial charge in [0.05, 0.1) is 16.6 Å². The van der Waals surface area contributed by atoms with Gasteiger partial charge in [-0.05, 0) is 77.9 Å². The van der Waals surface area contributed by atoms with Crippen molar-refractivity contribution in [3.8, 4) is 51.0 Å². The number of para-hydroxylation sites is 4. The summed E-state index contributed by atoms with van der Waals surface area (Å²) in [6.45, 7) is 0. The molecule has 5 aromatic heterocycles. The highest BCUT2D eigenvalue weighted by atomic mass is 32.1. The lowest BCUT2D eigenvalue weighted by Crippen LogP contribution is -2.00. The standard InChI is InChI=1S/C57H32N4O2S/c1-2-13-33(14-3-1)55-58-56(60-57(59-55)42-21-10-19-40-39-17-6-9-24-47(39)63-54(40)42)41-20-11-25-49-52(41)43-31-34(27-29-48(43)62-49)36-18-12-26-51-53(36)44-32-35(28-30-50(44)64-51)61-45-22-7-4-15-37(45)38-16-5-8-23-46(38)61/h1-32H. The van der Waals surface area contributed by atoms with Gasteiger partial charge in [-0.1, -0.05) is 127 Å². The fourth-order valence-electron chi connectivity index (χ4n) is 9.83. The maximum absolute atomic E-state index is 6.61. The first-order valence-electron chi connectivity index (χ1n) is 21.3. The molecule has 7 heteroatoms. The number of benzene rings is 9. The van der Waals surface area contributed by atoms with Gasteiger partial charge in [-0.15, -0.1) is 11.3 Å². The van der Waals surface area contributed by atoms with E-state index in [4.69, 9.17) is 23.8 Å². The van der Waals surface area contributed by atoms with Crippen LogP contribution in [-0.4, -0.2) is 19.5 Å². The molecule has 5 heterocycles. The predicted octanol–water partition coefficient (Wildman–Crippen LogP) is 15.8. The predicted molar refractivity (Wildman–Crippen MR) is 263 cm³/mol. The zero-order valence-corrected chi connectivity index (χ0v) is 34.8. The van der Waals surface area contributed by atoms with Crippen molar-refractivity contribution in [3.05, 3.63) is 194 Å². The van der Waals surface area contributed by atoms with Gasteiger partial charge in [0.2, 0.25) is 0 Å². The first-order valence-corrected chi connectivity index (χ1v) is 22.2. The fraction of sp³-hybridized carbons (Fsp3) is 0. The van der Waals surface area contributed by atoms with E-state index in [9.17, 15) is 0 Å². The highest BCUT2D eigenvalue weighted by Gasteiger charge is 2.22. The van der Waals surface area contributed by atoms with E-state index in [-0.39, 0.29) is 0 Å². The van der Waals surface area contributed by atoms with Gasteiger partial charge in [-0.3, -0.25) is 0 Å². The summed E-state index contributed by atoms with van der Waals surface area (Å²) in [7, 11) is 0. The minimum atomic E-state index is 0.537. The molecule has 0 aliphatic heterocycles. The molecule has 0 aliphatic carbocycles. The van der Waals surface area contributed by atoms with Crippen LogP contribution >= 0.6 is 11.3 Å². The van der Waals surface area contributed by atoms with Gasteiger partial charge in [0.15, 0.2) is 17.5 Å². The topological polar surface area (TPSA) is 69.9 Å². The zero-order valence-electron chi connectivity index (χ0n) is 34.0. The monoisotopic (exact) mass is 836 g/mol. The minimum absolute atomic E-state index is 0.537. The van der Waals surface area contributed by atoms with Crippen molar-refractivity contribution in [1.82, 2.24) is 19.5 Å². The Kier molecular flexibility index (Phi) is 7.46. The van der Waals surface area contributed by atoms with E-state index in [2.05, 4.69) is 126 Å². The number of fused-ring (bicyclic) bond motifs is 12. The van der Waals surface area contributed by atoms with Gasteiger partial charge in [0.25, 0.3) is 0 Å². The largest absolute Gasteiger partial charge is 0.456 e. The third-order valence-corrected chi connectivity index (χ3v) is 13.8. The van der Waals surface area contributed by atoms with Crippen molar-refractivity contribution >= 4 is 97.2 Å². The van der Waals surface area contributed by atoms with Crippen LogP contribution in [0.2, 0.25) is 0 Å². The molecular weight excluding hydrogens is 805 g/mol. The average molecular weight is 837 g/mol. The molecule has 0 aliphatic rings. The van der Waals surface area contributed by atoms with Gasteiger partial charge in [-0.2, -0.15) is 0 Å². The second kappa shape index (κ2) is 13.6. The van der Waals surface area contributed by atoms with Crippen LogP contribution < -0.4 is 0 Å². The van der Waals surface area contributed by atoms with Crippen LogP contribution in [-0.2, 0) is 0 Å². The molecule has 0 saturated carbocycles. The average Bonchev–Trinajstić information content (AvgIpc) is 4.12. The Morgan fingerprint density at radius 1 is 0.359 bits per heavy atom. The Hall–Kier alpha value is -8.39. The number of hydrogen-bond acceptors (Lipinski definition) is 6. The first-order chi connectivity index (χ1) is 31.7. The molecule has 14 rings (SSSR count). The van der Waals surface area contributed by atoms with E-state index in [1.807, 2.05) is 84.1 Å². The normalized spacial score (nSPS) is 12.1. The fourth-order valence-corrected chi connectivity index (χ4v) is 10.9. The molecule has 0 bridgehead atoms. The lowest BCUT2D eigenvalue weighted by Gasteiger charge is -2.10. The van der Waals surface area contributed by atoms with E-state index in [0.717, 1.165) is 71.8 Å². The summed E-state index contributed by atoms with van der Waals surface area (Å²) in [5.41, 5.74) is 11.5. The van der Waals surface area contributed by atoms with Crippen molar-refractivity contribution in [2.45, 2.75) is 0 Å². The molecule has 0 saturated heterocycles. The van der Waals surface area contributed by atoms with Crippen LogP contribution in [0.25, 0.3) is 137 Å².